The summed E-state index contributed by atoms with van der Waals surface area (Å²) in [5.74, 6) is 2.12. The molecule has 0 atom stereocenters. The van der Waals surface area contributed by atoms with Crippen molar-refractivity contribution in [1.82, 2.24) is 10.6 Å². The Morgan fingerprint density at radius 3 is 2.54 bits per heavy atom. The Bertz CT molecular complexity index is 681. The van der Waals surface area contributed by atoms with Gasteiger partial charge in [-0.2, -0.15) is 0 Å². The van der Waals surface area contributed by atoms with E-state index in [1.807, 2.05) is 43.3 Å². The predicted molar refractivity (Wildman–Crippen MR) is 115 cm³/mol. The third-order valence-electron chi connectivity index (χ3n) is 3.41. The fourth-order valence-corrected chi connectivity index (χ4v) is 2.20. The molecule has 0 fully saturated rings. The number of hydrogen-bond donors (Lipinski definition) is 3. The number of methoxy groups -OCH3 is 1. The third kappa shape index (κ3) is 7.38. The molecular weight excluding hydrogens is 445 g/mol. The zero-order chi connectivity index (χ0) is 17.9. The molecule has 142 valence electrons. The quantitative estimate of drug-likeness (QED) is 0.239. The number of aromatic hydroxyl groups is 1. The lowest BCUT2D eigenvalue weighted by molar-refractivity contribution is 0.322. The van der Waals surface area contributed by atoms with Gasteiger partial charge in [-0.3, -0.25) is 0 Å². The fourth-order valence-electron chi connectivity index (χ4n) is 2.20. The molecule has 0 aliphatic heterocycles. The topological polar surface area (TPSA) is 75.1 Å². The van der Waals surface area contributed by atoms with Crippen molar-refractivity contribution in [2.45, 2.75) is 13.5 Å². The smallest absolute Gasteiger partial charge is 0.191 e. The van der Waals surface area contributed by atoms with Crippen LogP contribution < -0.4 is 20.1 Å². The Morgan fingerprint density at radius 1 is 1.12 bits per heavy atom. The molecule has 0 aliphatic carbocycles. The maximum absolute atomic E-state index is 9.82. The van der Waals surface area contributed by atoms with Crippen molar-refractivity contribution in [2.24, 2.45) is 4.99 Å². The molecule has 2 aromatic rings. The van der Waals surface area contributed by atoms with Gasteiger partial charge in [0, 0.05) is 6.54 Å². The Labute approximate surface area is 171 Å². The van der Waals surface area contributed by atoms with E-state index in [-0.39, 0.29) is 29.7 Å². The molecule has 2 aromatic carbocycles. The van der Waals surface area contributed by atoms with E-state index in [2.05, 4.69) is 15.6 Å². The average Bonchev–Trinajstić information content (AvgIpc) is 2.64. The Balaban J connectivity index is 0.00000338. The molecule has 0 heterocycles. The van der Waals surface area contributed by atoms with Gasteiger partial charge in [-0.15, -0.1) is 24.0 Å². The summed E-state index contributed by atoms with van der Waals surface area (Å²) in [5, 5.41) is 16.2. The van der Waals surface area contributed by atoms with Gasteiger partial charge in [-0.05, 0) is 36.8 Å². The number of rotatable bonds is 8. The van der Waals surface area contributed by atoms with Crippen LogP contribution in [0.4, 0.5) is 0 Å². The second-order valence-electron chi connectivity index (χ2n) is 5.29. The van der Waals surface area contributed by atoms with Crippen molar-refractivity contribution in [3.63, 3.8) is 0 Å². The van der Waals surface area contributed by atoms with Gasteiger partial charge in [0.1, 0.15) is 12.4 Å². The van der Waals surface area contributed by atoms with E-state index in [0.29, 0.717) is 31.4 Å². The maximum Gasteiger partial charge on any atom is 0.191 e. The summed E-state index contributed by atoms with van der Waals surface area (Å²) < 4.78 is 10.7. The molecule has 0 spiro atoms. The average molecular weight is 471 g/mol. The number of hydrogen-bond acceptors (Lipinski definition) is 4. The van der Waals surface area contributed by atoms with E-state index in [4.69, 9.17) is 9.47 Å². The lowest BCUT2D eigenvalue weighted by atomic mass is 10.2. The highest BCUT2D eigenvalue weighted by Crippen LogP contribution is 2.26. The second-order valence-corrected chi connectivity index (χ2v) is 5.29. The molecule has 0 radical (unpaired) electrons. The standard InChI is InChI=1S/C19H25N3O3.HI/c1-3-20-19(21-11-12-25-16-7-5-4-6-8-16)22-14-15-9-10-18(24-2)17(23)13-15;/h4-10,13,23H,3,11-12,14H2,1-2H3,(H2,20,21,22);1H. The number of phenolic OH excluding ortho intramolecular Hbond substituents is 1. The normalized spacial score (nSPS) is 10.6. The summed E-state index contributed by atoms with van der Waals surface area (Å²) in [6.45, 7) is 4.40. The van der Waals surface area contributed by atoms with Crippen molar-refractivity contribution in [2.75, 3.05) is 26.8 Å². The van der Waals surface area contributed by atoms with Crippen LogP contribution in [-0.2, 0) is 6.54 Å². The summed E-state index contributed by atoms with van der Waals surface area (Å²) in [5.41, 5.74) is 0.899. The molecule has 7 heteroatoms. The zero-order valence-corrected chi connectivity index (χ0v) is 17.4. The summed E-state index contributed by atoms with van der Waals surface area (Å²) in [7, 11) is 1.53. The number of benzene rings is 2. The Kier molecular flexibility index (Phi) is 10.3. The molecule has 0 aliphatic rings. The van der Waals surface area contributed by atoms with Crippen molar-refractivity contribution in [1.29, 1.82) is 0 Å². The van der Waals surface area contributed by atoms with Crippen LogP contribution in [0.1, 0.15) is 12.5 Å². The van der Waals surface area contributed by atoms with Crippen LogP contribution in [0.2, 0.25) is 0 Å². The van der Waals surface area contributed by atoms with Gasteiger partial charge < -0.3 is 25.2 Å². The second kappa shape index (κ2) is 12.2. The monoisotopic (exact) mass is 471 g/mol. The fraction of sp³-hybridized carbons (Fsp3) is 0.316. The SMILES string of the molecule is CCNC(=NCc1ccc(OC)c(O)c1)NCCOc1ccccc1.I. The minimum Gasteiger partial charge on any atom is -0.504 e. The van der Waals surface area contributed by atoms with Crippen LogP contribution in [0.25, 0.3) is 0 Å². The third-order valence-corrected chi connectivity index (χ3v) is 3.41. The first-order valence-electron chi connectivity index (χ1n) is 8.29. The molecule has 0 unspecified atom stereocenters. The van der Waals surface area contributed by atoms with Crippen molar-refractivity contribution >= 4 is 29.9 Å². The maximum atomic E-state index is 9.82. The van der Waals surface area contributed by atoms with Crippen LogP contribution in [0, 0.1) is 0 Å². The molecule has 0 aromatic heterocycles. The van der Waals surface area contributed by atoms with Gasteiger partial charge in [0.15, 0.2) is 17.5 Å². The molecule has 3 N–H and O–H groups in total. The first kappa shape index (κ1) is 21.9. The Hall–Kier alpha value is -2.16. The van der Waals surface area contributed by atoms with E-state index in [1.54, 1.807) is 12.1 Å². The number of aliphatic imine (C=N–C) groups is 1. The van der Waals surface area contributed by atoms with Crippen LogP contribution in [-0.4, -0.2) is 37.9 Å². The van der Waals surface area contributed by atoms with Crippen LogP contribution in [0.5, 0.6) is 17.2 Å². The van der Waals surface area contributed by atoms with Gasteiger partial charge in [-0.1, -0.05) is 24.3 Å². The van der Waals surface area contributed by atoms with Crippen LogP contribution >= 0.6 is 24.0 Å². The number of phenols is 1. The first-order valence-corrected chi connectivity index (χ1v) is 8.29. The van der Waals surface area contributed by atoms with E-state index >= 15 is 0 Å². The van der Waals surface area contributed by atoms with Gasteiger partial charge in [0.25, 0.3) is 0 Å². The lowest BCUT2D eigenvalue weighted by Gasteiger charge is -2.12. The summed E-state index contributed by atoms with van der Waals surface area (Å²) in [6.07, 6.45) is 0. The van der Waals surface area contributed by atoms with E-state index < -0.39 is 0 Å². The minimum atomic E-state index is 0. The summed E-state index contributed by atoms with van der Waals surface area (Å²) in [6, 6.07) is 15.0. The van der Waals surface area contributed by atoms with Gasteiger partial charge in [0.05, 0.1) is 20.2 Å². The number of para-hydroxylation sites is 1. The first-order chi connectivity index (χ1) is 12.2. The minimum absolute atomic E-state index is 0. The van der Waals surface area contributed by atoms with Crippen LogP contribution in [0.3, 0.4) is 0 Å². The van der Waals surface area contributed by atoms with Gasteiger partial charge >= 0.3 is 0 Å². The van der Waals surface area contributed by atoms with E-state index in [1.165, 1.54) is 7.11 Å². The highest BCUT2D eigenvalue weighted by Gasteiger charge is 2.03. The molecule has 26 heavy (non-hydrogen) atoms. The number of guanidine groups is 1. The highest BCUT2D eigenvalue weighted by atomic mass is 127. The van der Waals surface area contributed by atoms with E-state index in [0.717, 1.165) is 17.9 Å². The molecule has 6 nitrogen and oxygen atoms in total. The molecular formula is C19H26IN3O3. The van der Waals surface area contributed by atoms with E-state index in [9.17, 15) is 5.11 Å². The summed E-state index contributed by atoms with van der Waals surface area (Å²) >= 11 is 0. The number of ether oxygens (including phenoxy) is 2. The number of nitrogens with one attached hydrogen (secondary N) is 2. The largest absolute Gasteiger partial charge is 0.504 e. The molecule has 0 saturated heterocycles. The molecule has 2 rings (SSSR count). The van der Waals surface area contributed by atoms with Gasteiger partial charge in [0.2, 0.25) is 0 Å². The van der Waals surface area contributed by atoms with Crippen molar-refractivity contribution in [3.05, 3.63) is 54.1 Å². The Morgan fingerprint density at radius 2 is 1.88 bits per heavy atom. The zero-order valence-electron chi connectivity index (χ0n) is 15.1. The van der Waals surface area contributed by atoms with Crippen molar-refractivity contribution < 1.29 is 14.6 Å². The van der Waals surface area contributed by atoms with Gasteiger partial charge in [-0.25, -0.2) is 4.99 Å². The van der Waals surface area contributed by atoms with Crippen molar-refractivity contribution in [3.8, 4) is 17.2 Å². The predicted octanol–water partition coefficient (Wildman–Crippen LogP) is 3.15. The lowest BCUT2D eigenvalue weighted by Crippen LogP contribution is -2.39. The van der Waals surface area contributed by atoms with Crippen LogP contribution in [0.15, 0.2) is 53.5 Å². The highest BCUT2D eigenvalue weighted by molar-refractivity contribution is 14.0. The summed E-state index contributed by atoms with van der Waals surface area (Å²) in [4.78, 5) is 4.51. The molecule has 0 bridgehead atoms. The molecule has 0 saturated carbocycles. The number of halogens is 1. The molecule has 0 amide bonds. The number of nitrogens with zero attached hydrogens (tertiary/aromatic N) is 1.